The summed E-state index contributed by atoms with van der Waals surface area (Å²) in [6.07, 6.45) is 0. The van der Waals surface area contributed by atoms with Gasteiger partial charge in [0.15, 0.2) is 18.1 Å². The molecule has 0 aromatic heterocycles. The van der Waals surface area contributed by atoms with Gasteiger partial charge in [0, 0.05) is 6.07 Å². The zero-order chi connectivity index (χ0) is 18.6. The third-order valence-corrected chi connectivity index (χ3v) is 4.82. The predicted octanol–water partition coefficient (Wildman–Crippen LogP) is -0.211. The Morgan fingerprint density at radius 2 is 1.88 bits per heavy atom. The first-order chi connectivity index (χ1) is 11.7. The van der Waals surface area contributed by atoms with Crippen LogP contribution in [0.15, 0.2) is 23.1 Å². The van der Waals surface area contributed by atoms with Gasteiger partial charge in [-0.3, -0.25) is 9.59 Å². The van der Waals surface area contributed by atoms with Gasteiger partial charge in [-0.2, -0.15) is 4.72 Å². The molecule has 1 amide bonds. The summed E-state index contributed by atoms with van der Waals surface area (Å²) in [5, 5.41) is 0. The predicted molar refractivity (Wildman–Crippen MR) is 86.5 cm³/mol. The maximum atomic E-state index is 12.6. The van der Waals surface area contributed by atoms with Crippen molar-refractivity contribution < 1.29 is 32.2 Å². The van der Waals surface area contributed by atoms with E-state index in [0.717, 1.165) is 0 Å². The Labute approximate surface area is 145 Å². The smallest absolute Gasteiger partial charge is 0.324 e. The summed E-state index contributed by atoms with van der Waals surface area (Å²) in [5.41, 5.74) is 4.92. The van der Waals surface area contributed by atoms with E-state index in [9.17, 15) is 18.0 Å². The normalized spacial score (nSPS) is 14.8. The Hall–Kier alpha value is -2.33. The first-order valence-electron chi connectivity index (χ1n) is 7.57. The molecule has 138 valence electrons. The lowest BCUT2D eigenvalue weighted by Gasteiger charge is -2.22. The van der Waals surface area contributed by atoms with E-state index in [4.69, 9.17) is 19.9 Å². The number of fused-ring (bicyclic) bond motifs is 1. The fourth-order valence-electron chi connectivity index (χ4n) is 2.11. The summed E-state index contributed by atoms with van der Waals surface area (Å²) in [6, 6.07) is 2.99. The third-order valence-electron chi connectivity index (χ3n) is 3.38. The number of carbonyl (C=O) groups is 2. The summed E-state index contributed by atoms with van der Waals surface area (Å²) in [6.45, 7) is 3.37. The molecule has 2 rings (SSSR count). The van der Waals surface area contributed by atoms with Gasteiger partial charge in [0.1, 0.15) is 19.3 Å². The standard InChI is InChI=1S/C15H20N2O7S/c1-9(2)14(15(19)24-8-13(16)18)17-25(20,21)10-3-4-11-12(7-10)23-6-5-22-11/h3-4,7,9,14,17H,5-6,8H2,1-2H3,(H2,16,18). The Bertz CT molecular complexity index is 761. The van der Waals surface area contributed by atoms with Gasteiger partial charge in [-0.15, -0.1) is 0 Å². The van der Waals surface area contributed by atoms with E-state index >= 15 is 0 Å². The number of primary amides is 1. The van der Waals surface area contributed by atoms with Crippen molar-refractivity contribution in [2.75, 3.05) is 19.8 Å². The number of esters is 1. The molecule has 0 saturated heterocycles. The molecule has 1 unspecified atom stereocenters. The van der Waals surface area contributed by atoms with Crippen molar-refractivity contribution in [1.82, 2.24) is 4.72 Å². The fraction of sp³-hybridized carbons (Fsp3) is 0.467. The second-order valence-electron chi connectivity index (χ2n) is 5.72. The van der Waals surface area contributed by atoms with E-state index in [2.05, 4.69) is 4.72 Å². The van der Waals surface area contributed by atoms with Crippen molar-refractivity contribution in [1.29, 1.82) is 0 Å². The first-order valence-corrected chi connectivity index (χ1v) is 9.06. The highest BCUT2D eigenvalue weighted by atomic mass is 32.2. The molecule has 1 aromatic rings. The molecule has 0 saturated carbocycles. The fourth-order valence-corrected chi connectivity index (χ4v) is 3.46. The van der Waals surface area contributed by atoms with E-state index in [-0.39, 0.29) is 4.90 Å². The molecule has 1 aliphatic heterocycles. The molecule has 0 fully saturated rings. The largest absolute Gasteiger partial charge is 0.486 e. The number of nitrogens with two attached hydrogens (primary N) is 1. The van der Waals surface area contributed by atoms with Crippen LogP contribution in [0, 0.1) is 5.92 Å². The highest BCUT2D eigenvalue weighted by Crippen LogP contribution is 2.32. The van der Waals surface area contributed by atoms with E-state index in [1.54, 1.807) is 13.8 Å². The molecule has 1 atom stereocenters. The number of ether oxygens (including phenoxy) is 3. The van der Waals surface area contributed by atoms with Crippen LogP contribution < -0.4 is 19.9 Å². The Kier molecular flexibility index (Phi) is 5.85. The number of nitrogens with one attached hydrogen (secondary N) is 1. The molecule has 0 spiro atoms. The van der Waals surface area contributed by atoms with Gasteiger partial charge in [-0.25, -0.2) is 8.42 Å². The molecule has 1 heterocycles. The average molecular weight is 372 g/mol. The first kappa shape index (κ1) is 19.0. The summed E-state index contributed by atoms with van der Waals surface area (Å²) >= 11 is 0. The number of hydrogen-bond acceptors (Lipinski definition) is 7. The lowest BCUT2D eigenvalue weighted by molar-refractivity contribution is -0.150. The number of rotatable bonds is 7. The van der Waals surface area contributed by atoms with Crippen molar-refractivity contribution in [3.8, 4) is 11.5 Å². The minimum absolute atomic E-state index is 0.0786. The third kappa shape index (κ3) is 4.83. The van der Waals surface area contributed by atoms with Gasteiger partial charge < -0.3 is 19.9 Å². The Balaban J connectivity index is 2.19. The van der Waals surface area contributed by atoms with E-state index in [1.807, 2.05) is 0 Å². The van der Waals surface area contributed by atoms with Crippen LogP contribution in [0.4, 0.5) is 0 Å². The van der Waals surface area contributed by atoms with Crippen LogP contribution in [-0.4, -0.2) is 46.2 Å². The second kappa shape index (κ2) is 7.70. The van der Waals surface area contributed by atoms with Gasteiger partial charge in [0.2, 0.25) is 10.0 Å². The highest BCUT2D eigenvalue weighted by Gasteiger charge is 2.30. The summed E-state index contributed by atoms with van der Waals surface area (Å²) < 4.78 is 42.8. The number of carbonyl (C=O) groups excluding carboxylic acids is 2. The van der Waals surface area contributed by atoms with Crippen LogP contribution >= 0.6 is 0 Å². The number of hydrogen-bond donors (Lipinski definition) is 2. The summed E-state index contributed by atoms with van der Waals surface area (Å²) in [5.74, 6) is -1.36. The zero-order valence-electron chi connectivity index (χ0n) is 13.9. The summed E-state index contributed by atoms with van der Waals surface area (Å²) in [7, 11) is -4.02. The van der Waals surface area contributed by atoms with Gasteiger partial charge in [-0.1, -0.05) is 13.8 Å². The van der Waals surface area contributed by atoms with Crippen LogP contribution in [0.1, 0.15) is 13.8 Å². The van der Waals surface area contributed by atoms with Crippen LogP contribution in [0.3, 0.4) is 0 Å². The van der Waals surface area contributed by atoms with Crippen LogP contribution in [0.25, 0.3) is 0 Å². The number of sulfonamides is 1. The van der Waals surface area contributed by atoms with Crippen LogP contribution in [0.2, 0.25) is 0 Å². The summed E-state index contributed by atoms with van der Waals surface area (Å²) in [4.78, 5) is 22.7. The molecule has 0 aliphatic carbocycles. The van der Waals surface area contributed by atoms with Crippen molar-refractivity contribution in [2.45, 2.75) is 24.8 Å². The maximum absolute atomic E-state index is 12.6. The second-order valence-corrected chi connectivity index (χ2v) is 7.44. The number of amides is 1. The van der Waals surface area contributed by atoms with Gasteiger partial charge in [-0.05, 0) is 18.1 Å². The number of benzene rings is 1. The average Bonchev–Trinajstić information content (AvgIpc) is 2.56. The van der Waals surface area contributed by atoms with E-state index in [0.29, 0.717) is 24.7 Å². The molecule has 0 radical (unpaired) electrons. The Morgan fingerprint density at radius 3 is 2.48 bits per heavy atom. The Morgan fingerprint density at radius 1 is 1.24 bits per heavy atom. The van der Waals surface area contributed by atoms with Gasteiger partial charge in [0.05, 0.1) is 4.90 Å². The SMILES string of the molecule is CC(C)C(NS(=O)(=O)c1ccc2c(c1)OCCO2)C(=O)OCC(N)=O. The quantitative estimate of drug-likeness (QED) is 0.632. The minimum Gasteiger partial charge on any atom is -0.486 e. The van der Waals surface area contributed by atoms with Crippen LogP contribution in [-0.2, 0) is 24.3 Å². The van der Waals surface area contributed by atoms with Gasteiger partial charge >= 0.3 is 5.97 Å². The van der Waals surface area contributed by atoms with Crippen molar-refractivity contribution >= 4 is 21.9 Å². The molecular weight excluding hydrogens is 352 g/mol. The molecule has 1 aromatic carbocycles. The maximum Gasteiger partial charge on any atom is 0.324 e. The van der Waals surface area contributed by atoms with Gasteiger partial charge in [0.25, 0.3) is 5.91 Å². The lowest BCUT2D eigenvalue weighted by atomic mass is 10.1. The minimum atomic E-state index is -4.02. The lowest BCUT2D eigenvalue weighted by Crippen LogP contribution is -2.45. The van der Waals surface area contributed by atoms with Crippen molar-refractivity contribution in [2.24, 2.45) is 11.7 Å². The topological polar surface area (TPSA) is 134 Å². The molecular formula is C15H20N2O7S. The van der Waals surface area contributed by atoms with E-state index in [1.165, 1.54) is 18.2 Å². The monoisotopic (exact) mass is 372 g/mol. The molecule has 3 N–H and O–H groups in total. The molecule has 25 heavy (non-hydrogen) atoms. The van der Waals surface area contributed by atoms with E-state index < -0.39 is 40.5 Å². The van der Waals surface area contributed by atoms with Crippen molar-refractivity contribution in [3.05, 3.63) is 18.2 Å². The van der Waals surface area contributed by atoms with Crippen LogP contribution in [0.5, 0.6) is 11.5 Å². The highest BCUT2D eigenvalue weighted by molar-refractivity contribution is 7.89. The molecule has 1 aliphatic rings. The van der Waals surface area contributed by atoms with Crippen molar-refractivity contribution in [3.63, 3.8) is 0 Å². The molecule has 9 nitrogen and oxygen atoms in total. The zero-order valence-corrected chi connectivity index (χ0v) is 14.7. The molecule has 10 heteroatoms. The molecule has 0 bridgehead atoms.